The van der Waals surface area contributed by atoms with E-state index >= 15 is 0 Å². The molecule has 0 fully saturated rings. The summed E-state index contributed by atoms with van der Waals surface area (Å²) in [7, 11) is 0. The molecule has 0 aromatic carbocycles. The number of carbonyl (C=O) groups excluding carboxylic acids is 1. The fourth-order valence-electron chi connectivity index (χ4n) is 2.06. The Morgan fingerprint density at radius 1 is 1.45 bits per heavy atom. The summed E-state index contributed by atoms with van der Waals surface area (Å²) in [6.45, 7) is 8.35. The number of hydrogen-bond acceptors (Lipinski definition) is 4. The van der Waals surface area contributed by atoms with Gasteiger partial charge in [-0.15, -0.1) is 5.10 Å². The lowest BCUT2D eigenvalue weighted by molar-refractivity contribution is 0.0917. The predicted molar refractivity (Wildman–Crippen MR) is 74.3 cm³/mol. The van der Waals surface area contributed by atoms with Crippen LogP contribution in [0.15, 0.2) is 22.9 Å². The third kappa shape index (κ3) is 3.26. The minimum Gasteiger partial charge on any atom is -0.466 e. The van der Waals surface area contributed by atoms with Crippen LogP contribution in [0.25, 0.3) is 0 Å². The number of hydrogen-bond donors (Lipinski definition) is 1. The molecule has 20 heavy (non-hydrogen) atoms. The molecule has 0 aliphatic rings. The number of rotatable bonds is 5. The number of aryl methyl sites for hydroxylation is 2. The van der Waals surface area contributed by atoms with E-state index in [4.69, 9.17) is 4.42 Å². The molecular weight excluding hydrogens is 256 g/mol. The first-order valence-corrected chi connectivity index (χ1v) is 6.69. The SMILES string of the molecule is Cc1cc(C(=O)N[C@H](Cn2ccnn2)C(C)C)c(C)o1. The second kappa shape index (κ2) is 5.90. The fraction of sp³-hybridized carbons (Fsp3) is 0.500. The van der Waals surface area contributed by atoms with Crippen molar-refractivity contribution in [2.45, 2.75) is 40.3 Å². The highest BCUT2D eigenvalue weighted by Gasteiger charge is 2.20. The maximum Gasteiger partial charge on any atom is 0.255 e. The van der Waals surface area contributed by atoms with Gasteiger partial charge in [0, 0.05) is 6.20 Å². The van der Waals surface area contributed by atoms with Gasteiger partial charge in [0.2, 0.25) is 0 Å². The van der Waals surface area contributed by atoms with Crippen molar-refractivity contribution in [1.82, 2.24) is 20.3 Å². The Balaban J connectivity index is 2.08. The van der Waals surface area contributed by atoms with Crippen molar-refractivity contribution in [2.75, 3.05) is 0 Å². The number of nitrogens with zero attached hydrogens (tertiary/aromatic N) is 3. The van der Waals surface area contributed by atoms with E-state index in [2.05, 4.69) is 29.5 Å². The molecule has 1 amide bonds. The van der Waals surface area contributed by atoms with Crippen LogP contribution in [0.4, 0.5) is 0 Å². The maximum atomic E-state index is 12.3. The van der Waals surface area contributed by atoms with Gasteiger partial charge in [-0.1, -0.05) is 19.1 Å². The van der Waals surface area contributed by atoms with Crippen molar-refractivity contribution >= 4 is 5.91 Å². The van der Waals surface area contributed by atoms with E-state index in [1.54, 1.807) is 30.1 Å². The fourth-order valence-corrected chi connectivity index (χ4v) is 2.06. The molecule has 0 bridgehead atoms. The largest absolute Gasteiger partial charge is 0.466 e. The monoisotopic (exact) mass is 276 g/mol. The van der Waals surface area contributed by atoms with Gasteiger partial charge in [0.1, 0.15) is 11.5 Å². The van der Waals surface area contributed by atoms with Crippen molar-refractivity contribution in [3.05, 3.63) is 35.5 Å². The number of furan rings is 1. The Bertz CT molecular complexity index is 572. The zero-order chi connectivity index (χ0) is 14.7. The van der Waals surface area contributed by atoms with Crippen molar-refractivity contribution in [3.8, 4) is 0 Å². The first kappa shape index (κ1) is 14.3. The van der Waals surface area contributed by atoms with Crippen LogP contribution in [0.5, 0.6) is 0 Å². The van der Waals surface area contributed by atoms with Gasteiger partial charge in [-0.25, -0.2) is 0 Å². The van der Waals surface area contributed by atoms with E-state index in [-0.39, 0.29) is 17.9 Å². The van der Waals surface area contributed by atoms with Gasteiger partial charge in [-0.2, -0.15) is 0 Å². The van der Waals surface area contributed by atoms with Crippen LogP contribution in [0, 0.1) is 19.8 Å². The van der Waals surface area contributed by atoms with Crippen LogP contribution in [0.3, 0.4) is 0 Å². The Hall–Kier alpha value is -2.11. The van der Waals surface area contributed by atoms with Crippen LogP contribution >= 0.6 is 0 Å². The van der Waals surface area contributed by atoms with Crippen molar-refractivity contribution in [2.24, 2.45) is 5.92 Å². The average Bonchev–Trinajstić information content (AvgIpc) is 2.97. The van der Waals surface area contributed by atoms with Gasteiger partial charge >= 0.3 is 0 Å². The second-order valence-corrected chi connectivity index (χ2v) is 5.28. The molecule has 2 rings (SSSR count). The molecule has 2 aromatic rings. The molecule has 0 aliphatic heterocycles. The molecule has 108 valence electrons. The first-order valence-electron chi connectivity index (χ1n) is 6.69. The summed E-state index contributed by atoms with van der Waals surface area (Å²) in [6.07, 6.45) is 3.41. The van der Waals surface area contributed by atoms with E-state index in [1.807, 2.05) is 6.92 Å². The third-order valence-corrected chi connectivity index (χ3v) is 3.26. The summed E-state index contributed by atoms with van der Waals surface area (Å²) >= 11 is 0. The van der Waals surface area contributed by atoms with Crippen molar-refractivity contribution in [1.29, 1.82) is 0 Å². The zero-order valence-corrected chi connectivity index (χ0v) is 12.3. The van der Waals surface area contributed by atoms with Crippen molar-refractivity contribution < 1.29 is 9.21 Å². The van der Waals surface area contributed by atoms with Crippen LogP contribution in [0.2, 0.25) is 0 Å². The maximum absolute atomic E-state index is 12.3. The summed E-state index contributed by atoms with van der Waals surface area (Å²) in [5.41, 5.74) is 0.590. The molecule has 0 saturated heterocycles. The van der Waals surface area contributed by atoms with Crippen LogP contribution < -0.4 is 5.32 Å². The van der Waals surface area contributed by atoms with Gasteiger partial charge in [-0.05, 0) is 25.8 Å². The quantitative estimate of drug-likeness (QED) is 0.905. The van der Waals surface area contributed by atoms with Gasteiger partial charge in [0.15, 0.2) is 0 Å². The Kier molecular flexibility index (Phi) is 4.22. The Labute approximate surface area is 118 Å². The molecule has 0 unspecified atom stereocenters. The predicted octanol–water partition coefficient (Wildman–Crippen LogP) is 1.94. The zero-order valence-electron chi connectivity index (χ0n) is 12.3. The van der Waals surface area contributed by atoms with Crippen LogP contribution in [-0.2, 0) is 6.54 Å². The molecular formula is C14H20N4O2. The summed E-state index contributed by atoms with van der Waals surface area (Å²) < 4.78 is 7.12. The molecule has 0 radical (unpaired) electrons. The Morgan fingerprint density at radius 2 is 2.20 bits per heavy atom. The smallest absolute Gasteiger partial charge is 0.255 e. The van der Waals surface area contributed by atoms with E-state index in [1.165, 1.54) is 0 Å². The summed E-state index contributed by atoms with van der Waals surface area (Å²) in [5.74, 6) is 1.56. The van der Waals surface area contributed by atoms with E-state index in [0.29, 0.717) is 17.9 Å². The van der Waals surface area contributed by atoms with Crippen LogP contribution in [0.1, 0.15) is 35.7 Å². The molecule has 2 aromatic heterocycles. The normalized spacial score (nSPS) is 12.7. The number of amides is 1. The third-order valence-electron chi connectivity index (χ3n) is 3.26. The minimum atomic E-state index is -0.113. The first-order chi connectivity index (χ1) is 9.47. The van der Waals surface area contributed by atoms with Gasteiger partial charge in [0.25, 0.3) is 5.91 Å². The topological polar surface area (TPSA) is 73.0 Å². The molecule has 1 N–H and O–H groups in total. The summed E-state index contributed by atoms with van der Waals surface area (Å²) in [6, 6.07) is 1.75. The summed E-state index contributed by atoms with van der Waals surface area (Å²) in [4.78, 5) is 12.3. The molecule has 6 heteroatoms. The van der Waals surface area contributed by atoms with Crippen LogP contribution in [-0.4, -0.2) is 26.9 Å². The van der Waals surface area contributed by atoms with Gasteiger partial charge < -0.3 is 9.73 Å². The van der Waals surface area contributed by atoms with Gasteiger partial charge in [0.05, 0.1) is 24.3 Å². The standard InChI is InChI=1S/C14H20N4O2/c1-9(2)13(8-18-6-5-15-17-18)16-14(19)12-7-10(3)20-11(12)4/h5-7,9,13H,8H2,1-4H3,(H,16,19)/t13-/m1/s1. The second-order valence-electron chi connectivity index (χ2n) is 5.28. The molecule has 6 nitrogen and oxygen atoms in total. The van der Waals surface area contributed by atoms with E-state index in [9.17, 15) is 4.79 Å². The highest BCUT2D eigenvalue weighted by atomic mass is 16.3. The number of nitrogens with one attached hydrogen (secondary N) is 1. The molecule has 0 aliphatic carbocycles. The lowest BCUT2D eigenvalue weighted by atomic mass is 10.0. The highest BCUT2D eigenvalue weighted by molar-refractivity contribution is 5.95. The number of aromatic nitrogens is 3. The van der Waals surface area contributed by atoms with Gasteiger partial charge in [-0.3, -0.25) is 9.48 Å². The molecule has 0 saturated carbocycles. The summed E-state index contributed by atoms with van der Waals surface area (Å²) in [5, 5.41) is 10.7. The lowest BCUT2D eigenvalue weighted by Gasteiger charge is -2.22. The minimum absolute atomic E-state index is 0.0150. The van der Waals surface area contributed by atoms with Crippen molar-refractivity contribution in [3.63, 3.8) is 0 Å². The van der Waals surface area contributed by atoms with E-state index in [0.717, 1.165) is 5.76 Å². The lowest BCUT2D eigenvalue weighted by Crippen LogP contribution is -2.41. The molecule has 0 spiro atoms. The number of carbonyl (C=O) groups is 1. The average molecular weight is 276 g/mol. The highest BCUT2D eigenvalue weighted by Crippen LogP contribution is 2.14. The molecule has 1 atom stereocenters. The Morgan fingerprint density at radius 3 is 2.70 bits per heavy atom. The molecule has 2 heterocycles. The van der Waals surface area contributed by atoms with E-state index < -0.39 is 0 Å².